The summed E-state index contributed by atoms with van der Waals surface area (Å²) in [7, 11) is 1.59. The van der Waals surface area contributed by atoms with Gasteiger partial charge in [0.25, 0.3) is 0 Å². The molecule has 140 valence electrons. The van der Waals surface area contributed by atoms with Crippen LogP contribution in [0.25, 0.3) is 10.9 Å². The quantitative estimate of drug-likeness (QED) is 0.414. The minimum Gasteiger partial charge on any atom is -0.497 e. The maximum atomic E-state index is 10.1. The lowest BCUT2D eigenvalue weighted by Gasteiger charge is -2.06. The molecule has 6 nitrogen and oxygen atoms in total. The van der Waals surface area contributed by atoms with Crippen LogP contribution in [0, 0.1) is 0 Å². The van der Waals surface area contributed by atoms with Crippen molar-refractivity contribution in [3.8, 4) is 17.4 Å². The summed E-state index contributed by atoms with van der Waals surface area (Å²) in [5.74, 6) is 1.40. The van der Waals surface area contributed by atoms with Gasteiger partial charge in [-0.15, -0.1) is 5.11 Å². The molecule has 0 bridgehead atoms. The molecular weight excluding hydrogens is 354 g/mol. The Hall–Kier alpha value is -3.80. The van der Waals surface area contributed by atoms with Crippen LogP contribution >= 0.6 is 0 Å². The summed E-state index contributed by atoms with van der Waals surface area (Å²) in [6.07, 6.45) is 0. The van der Waals surface area contributed by atoms with Gasteiger partial charge >= 0.3 is 0 Å². The molecule has 0 saturated carbocycles. The molecule has 4 rings (SSSR count). The van der Waals surface area contributed by atoms with Crippen LogP contribution in [0.5, 0.6) is 17.4 Å². The average Bonchev–Trinajstić information content (AvgIpc) is 3.06. The number of methoxy groups -OCH3 is 1. The summed E-state index contributed by atoms with van der Waals surface area (Å²) in [4.78, 5) is 2.88. The molecule has 0 saturated heterocycles. The Morgan fingerprint density at radius 2 is 1.64 bits per heavy atom. The monoisotopic (exact) mass is 373 g/mol. The summed E-state index contributed by atoms with van der Waals surface area (Å²) in [5.41, 5.74) is 2.90. The summed E-state index contributed by atoms with van der Waals surface area (Å²) >= 11 is 0. The smallest absolute Gasteiger partial charge is 0.218 e. The Labute approximate surface area is 162 Å². The van der Waals surface area contributed by atoms with E-state index in [0.29, 0.717) is 23.7 Å². The van der Waals surface area contributed by atoms with Crippen molar-refractivity contribution in [1.29, 1.82) is 0 Å². The molecule has 0 aliphatic heterocycles. The van der Waals surface area contributed by atoms with E-state index in [1.807, 2.05) is 66.7 Å². The second kappa shape index (κ2) is 7.84. The first-order valence-electron chi connectivity index (χ1n) is 8.80. The van der Waals surface area contributed by atoms with Gasteiger partial charge in [0.05, 0.1) is 18.3 Å². The molecule has 1 heterocycles. The highest BCUT2D eigenvalue weighted by Gasteiger charge is 2.11. The van der Waals surface area contributed by atoms with Gasteiger partial charge in [-0.25, -0.2) is 0 Å². The number of aromatic nitrogens is 1. The summed E-state index contributed by atoms with van der Waals surface area (Å²) in [6, 6.07) is 22.7. The third kappa shape index (κ3) is 3.81. The van der Waals surface area contributed by atoms with Gasteiger partial charge in [-0.3, -0.25) is 0 Å². The number of aromatic amines is 1. The number of nitrogens with one attached hydrogen (secondary N) is 1. The molecule has 1 aromatic heterocycles. The predicted molar refractivity (Wildman–Crippen MR) is 108 cm³/mol. The first-order chi connectivity index (χ1) is 13.7. The van der Waals surface area contributed by atoms with Crippen LogP contribution in [-0.2, 0) is 6.61 Å². The fourth-order valence-corrected chi connectivity index (χ4v) is 2.83. The molecule has 0 fully saturated rings. The Kier molecular flexibility index (Phi) is 4.93. The zero-order valence-electron chi connectivity index (χ0n) is 15.3. The van der Waals surface area contributed by atoms with E-state index in [2.05, 4.69) is 15.2 Å². The van der Waals surface area contributed by atoms with Gasteiger partial charge in [0.15, 0.2) is 5.69 Å². The molecule has 6 heteroatoms. The van der Waals surface area contributed by atoms with Crippen molar-refractivity contribution in [2.45, 2.75) is 6.61 Å². The van der Waals surface area contributed by atoms with Crippen molar-refractivity contribution >= 4 is 22.3 Å². The fraction of sp³-hybridized carbons (Fsp3) is 0.0909. The van der Waals surface area contributed by atoms with Gasteiger partial charge in [-0.2, -0.15) is 5.11 Å². The molecule has 3 aromatic carbocycles. The van der Waals surface area contributed by atoms with Gasteiger partial charge < -0.3 is 19.6 Å². The Balaban J connectivity index is 1.49. The first-order valence-corrected chi connectivity index (χ1v) is 8.80. The van der Waals surface area contributed by atoms with Gasteiger partial charge in [0, 0.05) is 5.39 Å². The molecule has 4 aromatic rings. The number of benzene rings is 3. The topological polar surface area (TPSA) is 79.2 Å². The van der Waals surface area contributed by atoms with E-state index in [4.69, 9.17) is 9.47 Å². The van der Waals surface area contributed by atoms with Crippen LogP contribution in [-0.4, -0.2) is 17.2 Å². The number of hydrogen-bond acceptors (Lipinski definition) is 5. The van der Waals surface area contributed by atoms with Crippen molar-refractivity contribution in [1.82, 2.24) is 4.98 Å². The van der Waals surface area contributed by atoms with E-state index < -0.39 is 0 Å². The number of hydrogen-bond donors (Lipinski definition) is 2. The lowest BCUT2D eigenvalue weighted by atomic mass is 10.2. The maximum Gasteiger partial charge on any atom is 0.218 e. The highest BCUT2D eigenvalue weighted by Crippen LogP contribution is 2.38. The zero-order valence-corrected chi connectivity index (χ0v) is 15.3. The molecular formula is C22H19N3O3. The highest BCUT2D eigenvalue weighted by atomic mass is 16.5. The van der Waals surface area contributed by atoms with Gasteiger partial charge in [0.1, 0.15) is 18.1 Å². The van der Waals surface area contributed by atoms with Crippen molar-refractivity contribution in [3.05, 3.63) is 78.4 Å². The van der Waals surface area contributed by atoms with E-state index in [1.54, 1.807) is 13.2 Å². The molecule has 28 heavy (non-hydrogen) atoms. The molecule has 0 aliphatic rings. The molecule has 0 atom stereocenters. The number of ether oxygens (including phenoxy) is 2. The van der Waals surface area contributed by atoms with E-state index in [0.717, 1.165) is 22.2 Å². The normalized spacial score (nSPS) is 11.2. The van der Waals surface area contributed by atoms with Crippen molar-refractivity contribution in [2.24, 2.45) is 10.2 Å². The Morgan fingerprint density at radius 3 is 2.39 bits per heavy atom. The fourth-order valence-electron chi connectivity index (χ4n) is 2.83. The second-order valence-electron chi connectivity index (χ2n) is 6.20. The standard InChI is InChI=1S/C22H19N3O3/c1-27-18-11-12-20-19(13-18)21(22(26)23-20)25-24-16-7-9-17(10-8-16)28-14-15-5-3-2-4-6-15/h2-13,23,26H,14H2,1H3. The predicted octanol–water partition coefficient (Wildman–Crippen LogP) is 5.88. The van der Waals surface area contributed by atoms with E-state index >= 15 is 0 Å². The average molecular weight is 373 g/mol. The Bertz CT molecular complexity index is 1100. The highest BCUT2D eigenvalue weighted by molar-refractivity contribution is 5.95. The van der Waals surface area contributed by atoms with Crippen LogP contribution in [0.1, 0.15) is 5.56 Å². The number of fused-ring (bicyclic) bond motifs is 1. The van der Waals surface area contributed by atoms with Crippen LogP contribution < -0.4 is 9.47 Å². The summed E-state index contributed by atoms with van der Waals surface area (Å²) in [6.45, 7) is 0.507. The van der Waals surface area contributed by atoms with Gasteiger partial charge in [-0.1, -0.05) is 30.3 Å². The van der Waals surface area contributed by atoms with Gasteiger partial charge in [-0.05, 0) is 48.0 Å². The number of aromatic hydroxyl groups is 1. The van der Waals surface area contributed by atoms with E-state index in [-0.39, 0.29) is 5.88 Å². The largest absolute Gasteiger partial charge is 0.497 e. The van der Waals surface area contributed by atoms with Crippen LogP contribution in [0.2, 0.25) is 0 Å². The molecule has 0 unspecified atom stereocenters. The molecule has 0 amide bonds. The first kappa shape index (κ1) is 17.6. The van der Waals surface area contributed by atoms with E-state index in [9.17, 15) is 5.11 Å². The SMILES string of the molecule is COc1ccc2[nH]c(O)c(N=Nc3ccc(OCc4ccccc4)cc3)c2c1. The minimum absolute atomic E-state index is 0.0326. The third-order valence-corrected chi connectivity index (χ3v) is 4.31. The van der Waals surface area contributed by atoms with Crippen molar-refractivity contribution < 1.29 is 14.6 Å². The lowest BCUT2D eigenvalue weighted by Crippen LogP contribution is -1.94. The van der Waals surface area contributed by atoms with Gasteiger partial charge in [0.2, 0.25) is 5.88 Å². The van der Waals surface area contributed by atoms with E-state index in [1.165, 1.54) is 0 Å². The zero-order chi connectivity index (χ0) is 19.3. The molecule has 0 radical (unpaired) electrons. The molecule has 2 N–H and O–H groups in total. The maximum absolute atomic E-state index is 10.1. The van der Waals surface area contributed by atoms with Crippen LogP contribution in [0.15, 0.2) is 83.0 Å². The Morgan fingerprint density at radius 1 is 0.893 bits per heavy atom. The second-order valence-corrected chi connectivity index (χ2v) is 6.20. The lowest BCUT2D eigenvalue weighted by molar-refractivity contribution is 0.306. The summed E-state index contributed by atoms with van der Waals surface area (Å²) in [5, 5.41) is 19.3. The van der Waals surface area contributed by atoms with Crippen molar-refractivity contribution in [2.75, 3.05) is 7.11 Å². The number of rotatable bonds is 6. The summed E-state index contributed by atoms with van der Waals surface area (Å²) < 4.78 is 11.0. The van der Waals surface area contributed by atoms with Crippen LogP contribution in [0.4, 0.5) is 11.4 Å². The number of nitrogens with zero attached hydrogens (tertiary/aromatic N) is 2. The number of azo groups is 1. The van der Waals surface area contributed by atoms with Crippen molar-refractivity contribution in [3.63, 3.8) is 0 Å². The number of H-pyrrole nitrogens is 1. The minimum atomic E-state index is -0.0326. The molecule has 0 aliphatic carbocycles. The molecule has 0 spiro atoms. The third-order valence-electron chi connectivity index (χ3n) is 4.31. The van der Waals surface area contributed by atoms with Crippen LogP contribution in [0.3, 0.4) is 0 Å².